The van der Waals surface area contributed by atoms with Gasteiger partial charge in [0.15, 0.2) is 12.0 Å². The van der Waals surface area contributed by atoms with Crippen LogP contribution in [0.4, 0.5) is 0 Å². The number of fused-ring (bicyclic) bond motifs is 1. The Balaban J connectivity index is 1.70. The molecule has 3 rings (SSSR count). The van der Waals surface area contributed by atoms with E-state index in [2.05, 4.69) is 10.3 Å². The molecule has 0 bridgehead atoms. The Hall–Kier alpha value is -2.62. The summed E-state index contributed by atoms with van der Waals surface area (Å²) in [6.45, 7) is 0.463. The lowest BCUT2D eigenvalue weighted by atomic mass is 10.2. The molecule has 3 aromatic rings. The van der Waals surface area contributed by atoms with Crippen molar-refractivity contribution < 1.29 is 9.21 Å². The first-order chi connectivity index (χ1) is 9.33. The van der Waals surface area contributed by atoms with Crippen molar-refractivity contribution in [1.29, 1.82) is 0 Å². The average Bonchev–Trinajstić information content (AvgIpc) is 2.93. The minimum Gasteiger partial charge on any atom is -0.443 e. The first-order valence-corrected chi connectivity index (χ1v) is 5.98. The van der Waals surface area contributed by atoms with Gasteiger partial charge >= 0.3 is 0 Å². The van der Waals surface area contributed by atoms with Crippen molar-refractivity contribution in [3.05, 3.63) is 66.1 Å². The van der Waals surface area contributed by atoms with Crippen molar-refractivity contribution in [3.8, 4) is 0 Å². The molecule has 1 aromatic heterocycles. The quantitative estimate of drug-likeness (QED) is 0.779. The molecule has 0 aliphatic rings. The molecule has 1 N–H and O–H groups in total. The standard InChI is InChI=1S/C15H12N2O2/c18-15(12-4-2-1-3-5-12)16-9-11-6-7-13-14(8-11)19-10-17-13/h1-8,10H,9H2,(H,16,18). The molecular weight excluding hydrogens is 240 g/mol. The summed E-state index contributed by atoms with van der Waals surface area (Å²) in [7, 11) is 0. The number of oxazole rings is 1. The maximum atomic E-state index is 11.9. The highest BCUT2D eigenvalue weighted by Crippen LogP contribution is 2.14. The third kappa shape index (κ3) is 2.47. The van der Waals surface area contributed by atoms with Crippen LogP contribution in [0.25, 0.3) is 11.1 Å². The summed E-state index contributed by atoms with van der Waals surface area (Å²) < 4.78 is 5.23. The zero-order valence-electron chi connectivity index (χ0n) is 10.2. The van der Waals surface area contributed by atoms with Crippen molar-refractivity contribution >= 4 is 17.0 Å². The number of aromatic nitrogens is 1. The van der Waals surface area contributed by atoms with E-state index in [1.807, 2.05) is 36.4 Å². The number of rotatable bonds is 3. The number of nitrogens with one attached hydrogen (secondary N) is 1. The Bertz CT molecular complexity index is 704. The molecule has 4 nitrogen and oxygen atoms in total. The first kappa shape index (κ1) is 11.5. The van der Waals surface area contributed by atoms with Gasteiger partial charge < -0.3 is 9.73 Å². The molecule has 1 heterocycles. The molecule has 1 amide bonds. The smallest absolute Gasteiger partial charge is 0.251 e. The van der Waals surface area contributed by atoms with Crippen LogP contribution in [-0.4, -0.2) is 10.9 Å². The Morgan fingerprint density at radius 2 is 2.00 bits per heavy atom. The maximum absolute atomic E-state index is 11.9. The van der Waals surface area contributed by atoms with Gasteiger partial charge in [-0.3, -0.25) is 4.79 Å². The highest BCUT2D eigenvalue weighted by atomic mass is 16.3. The third-order valence-corrected chi connectivity index (χ3v) is 2.88. The molecule has 0 aliphatic heterocycles. The fraction of sp³-hybridized carbons (Fsp3) is 0.0667. The second-order valence-corrected chi connectivity index (χ2v) is 4.20. The normalized spacial score (nSPS) is 10.5. The monoisotopic (exact) mass is 252 g/mol. The van der Waals surface area contributed by atoms with Crippen molar-refractivity contribution in [3.63, 3.8) is 0 Å². The Labute approximate surface area is 110 Å². The molecule has 0 atom stereocenters. The number of hydrogen-bond acceptors (Lipinski definition) is 3. The van der Waals surface area contributed by atoms with Crippen molar-refractivity contribution in [2.75, 3.05) is 0 Å². The predicted octanol–water partition coefficient (Wildman–Crippen LogP) is 2.76. The lowest BCUT2D eigenvalue weighted by molar-refractivity contribution is 0.0951. The summed E-state index contributed by atoms with van der Waals surface area (Å²) >= 11 is 0. The number of benzene rings is 2. The third-order valence-electron chi connectivity index (χ3n) is 2.88. The van der Waals surface area contributed by atoms with Crippen molar-refractivity contribution in [2.45, 2.75) is 6.54 Å². The van der Waals surface area contributed by atoms with Crippen LogP contribution in [0.1, 0.15) is 15.9 Å². The van der Waals surface area contributed by atoms with Gasteiger partial charge in [-0.2, -0.15) is 0 Å². The van der Waals surface area contributed by atoms with E-state index >= 15 is 0 Å². The van der Waals surface area contributed by atoms with Crippen LogP contribution in [0.5, 0.6) is 0 Å². The lowest BCUT2D eigenvalue weighted by Gasteiger charge is -2.05. The summed E-state index contributed by atoms with van der Waals surface area (Å²) in [5.74, 6) is -0.0849. The van der Waals surface area contributed by atoms with Crippen molar-refractivity contribution in [2.24, 2.45) is 0 Å². The summed E-state index contributed by atoms with van der Waals surface area (Å²) in [6, 6.07) is 14.8. The van der Waals surface area contributed by atoms with Gasteiger partial charge in [0, 0.05) is 12.1 Å². The summed E-state index contributed by atoms with van der Waals surface area (Å²) in [5.41, 5.74) is 3.18. The SMILES string of the molecule is O=C(NCc1ccc2ncoc2c1)c1ccccc1. The molecule has 94 valence electrons. The zero-order valence-corrected chi connectivity index (χ0v) is 10.2. The highest BCUT2D eigenvalue weighted by molar-refractivity contribution is 5.94. The molecule has 0 saturated carbocycles. The van der Waals surface area contributed by atoms with Crippen LogP contribution in [0.2, 0.25) is 0 Å². The molecule has 19 heavy (non-hydrogen) atoms. The summed E-state index contributed by atoms with van der Waals surface area (Å²) in [6.07, 6.45) is 1.41. The number of hydrogen-bond donors (Lipinski definition) is 1. The minimum absolute atomic E-state index is 0.0849. The number of carbonyl (C=O) groups is 1. The van der Waals surface area contributed by atoms with Gasteiger partial charge in [0.05, 0.1) is 0 Å². The minimum atomic E-state index is -0.0849. The van der Waals surface area contributed by atoms with E-state index in [1.165, 1.54) is 6.39 Å². The molecular formula is C15H12N2O2. The Morgan fingerprint density at radius 1 is 1.16 bits per heavy atom. The second-order valence-electron chi connectivity index (χ2n) is 4.20. The van der Waals surface area contributed by atoms with Gasteiger partial charge in [0.1, 0.15) is 5.52 Å². The van der Waals surface area contributed by atoms with Crippen molar-refractivity contribution in [1.82, 2.24) is 10.3 Å². The molecule has 0 unspecified atom stereocenters. The summed E-state index contributed by atoms with van der Waals surface area (Å²) in [5, 5.41) is 2.87. The molecule has 0 spiro atoms. The molecule has 0 radical (unpaired) electrons. The molecule has 0 saturated heterocycles. The maximum Gasteiger partial charge on any atom is 0.251 e. The van der Waals surface area contributed by atoms with Crippen LogP contribution in [0.3, 0.4) is 0 Å². The van der Waals surface area contributed by atoms with E-state index in [-0.39, 0.29) is 5.91 Å². The van der Waals surface area contributed by atoms with Crippen LogP contribution in [-0.2, 0) is 6.54 Å². The van der Waals surface area contributed by atoms with Gasteiger partial charge in [0.25, 0.3) is 5.91 Å². The molecule has 2 aromatic carbocycles. The largest absolute Gasteiger partial charge is 0.443 e. The van der Waals surface area contributed by atoms with Gasteiger partial charge in [-0.25, -0.2) is 4.98 Å². The number of carbonyl (C=O) groups excluding carboxylic acids is 1. The fourth-order valence-electron chi connectivity index (χ4n) is 1.88. The average molecular weight is 252 g/mol. The Morgan fingerprint density at radius 3 is 2.84 bits per heavy atom. The molecule has 0 aliphatic carbocycles. The number of nitrogens with zero attached hydrogens (tertiary/aromatic N) is 1. The van der Waals surface area contributed by atoms with Gasteiger partial charge in [-0.1, -0.05) is 24.3 Å². The van der Waals surface area contributed by atoms with E-state index < -0.39 is 0 Å². The Kier molecular flexibility index (Phi) is 2.98. The van der Waals surface area contributed by atoms with Crippen LogP contribution < -0.4 is 5.32 Å². The van der Waals surface area contributed by atoms with E-state index in [9.17, 15) is 4.79 Å². The topological polar surface area (TPSA) is 55.1 Å². The van der Waals surface area contributed by atoms with Crippen LogP contribution >= 0.6 is 0 Å². The van der Waals surface area contributed by atoms with E-state index in [0.717, 1.165) is 16.7 Å². The zero-order chi connectivity index (χ0) is 13.1. The van der Waals surface area contributed by atoms with Gasteiger partial charge in [-0.05, 0) is 29.8 Å². The molecule has 4 heteroatoms. The van der Waals surface area contributed by atoms with Gasteiger partial charge in [-0.15, -0.1) is 0 Å². The first-order valence-electron chi connectivity index (χ1n) is 5.98. The van der Waals surface area contributed by atoms with E-state index in [0.29, 0.717) is 12.1 Å². The second kappa shape index (κ2) is 4.94. The molecule has 0 fully saturated rings. The van der Waals surface area contributed by atoms with Crippen LogP contribution in [0, 0.1) is 0 Å². The number of amides is 1. The summed E-state index contributed by atoms with van der Waals surface area (Å²) in [4.78, 5) is 15.9. The van der Waals surface area contributed by atoms with Gasteiger partial charge in [0.2, 0.25) is 0 Å². The predicted molar refractivity (Wildman–Crippen MR) is 71.6 cm³/mol. The fourth-order valence-corrected chi connectivity index (χ4v) is 1.88. The van der Waals surface area contributed by atoms with Crippen LogP contribution in [0.15, 0.2) is 59.3 Å². The van der Waals surface area contributed by atoms with E-state index in [4.69, 9.17) is 4.42 Å². The highest BCUT2D eigenvalue weighted by Gasteiger charge is 2.05. The lowest BCUT2D eigenvalue weighted by Crippen LogP contribution is -2.22. The van der Waals surface area contributed by atoms with E-state index in [1.54, 1.807) is 12.1 Å².